The Labute approximate surface area is 114 Å². The molecule has 0 aromatic heterocycles. The third-order valence-electron chi connectivity index (χ3n) is 4.56. The highest BCUT2D eigenvalue weighted by Gasteiger charge is 2.31. The van der Waals surface area contributed by atoms with Gasteiger partial charge >= 0.3 is 6.09 Å². The number of carbonyl (C=O) groups excluding carboxylic acids is 1. The standard InChI is InChI=1S/C16H21NO2/c18-16(19-15-7-2-1-3-8-15)17-11-9-14(10-12-17)13-5-4-6-13/h1-3,7-8,13-14H,4-6,9-12H2. The molecule has 3 nitrogen and oxygen atoms in total. The van der Waals surface area contributed by atoms with Crippen molar-refractivity contribution in [1.82, 2.24) is 4.90 Å². The average molecular weight is 259 g/mol. The summed E-state index contributed by atoms with van der Waals surface area (Å²) in [7, 11) is 0. The molecule has 3 rings (SSSR count). The summed E-state index contributed by atoms with van der Waals surface area (Å²) in [4.78, 5) is 13.9. The Morgan fingerprint density at radius 2 is 1.63 bits per heavy atom. The van der Waals surface area contributed by atoms with E-state index in [1.165, 1.54) is 19.3 Å². The topological polar surface area (TPSA) is 29.5 Å². The second kappa shape index (κ2) is 5.64. The minimum absolute atomic E-state index is 0.196. The maximum atomic E-state index is 12.0. The van der Waals surface area contributed by atoms with Crippen LogP contribution in [0.15, 0.2) is 30.3 Å². The van der Waals surface area contributed by atoms with Crippen LogP contribution < -0.4 is 4.74 Å². The summed E-state index contributed by atoms with van der Waals surface area (Å²) >= 11 is 0. The lowest BCUT2D eigenvalue weighted by Crippen LogP contribution is -2.42. The van der Waals surface area contributed by atoms with Gasteiger partial charge < -0.3 is 9.64 Å². The van der Waals surface area contributed by atoms with Gasteiger partial charge in [-0.3, -0.25) is 0 Å². The number of ether oxygens (including phenoxy) is 1. The fourth-order valence-corrected chi connectivity index (χ4v) is 3.12. The molecule has 1 aliphatic heterocycles. The molecular formula is C16H21NO2. The van der Waals surface area contributed by atoms with Gasteiger partial charge in [-0.25, -0.2) is 4.79 Å². The van der Waals surface area contributed by atoms with Gasteiger partial charge in [-0.05, 0) is 36.8 Å². The van der Waals surface area contributed by atoms with E-state index in [9.17, 15) is 4.79 Å². The number of benzene rings is 1. The fraction of sp³-hybridized carbons (Fsp3) is 0.562. The number of hydrogen-bond donors (Lipinski definition) is 0. The van der Waals surface area contributed by atoms with Crippen molar-refractivity contribution in [3.63, 3.8) is 0 Å². The SMILES string of the molecule is O=C(Oc1ccccc1)N1CCC(C2CCC2)CC1. The molecule has 19 heavy (non-hydrogen) atoms. The highest BCUT2D eigenvalue weighted by molar-refractivity contribution is 5.70. The lowest BCUT2D eigenvalue weighted by atomic mass is 9.72. The Balaban J connectivity index is 1.49. The number of amides is 1. The molecule has 1 aromatic rings. The van der Waals surface area contributed by atoms with E-state index < -0.39 is 0 Å². The minimum Gasteiger partial charge on any atom is -0.410 e. The minimum atomic E-state index is -0.196. The highest BCUT2D eigenvalue weighted by atomic mass is 16.6. The van der Waals surface area contributed by atoms with Crippen LogP contribution in [0.2, 0.25) is 0 Å². The largest absolute Gasteiger partial charge is 0.415 e. The van der Waals surface area contributed by atoms with E-state index in [0.29, 0.717) is 5.75 Å². The van der Waals surface area contributed by atoms with Crippen LogP contribution in [-0.2, 0) is 0 Å². The van der Waals surface area contributed by atoms with Crippen LogP contribution >= 0.6 is 0 Å². The Morgan fingerprint density at radius 3 is 2.21 bits per heavy atom. The van der Waals surface area contributed by atoms with Gasteiger partial charge in [0.15, 0.2) is 0 Å². The van der Waals surface area contributed by atoms with Crippen molar-refractivity contribution < 1.29 is 9.53 Å². The normalized spacial score (nSPS) is 20.9. The molecule has 2 aliphatic rings. The number of rotatable bonds is 2. The van der Waals surface area contributed by atoms with E-state index in [1.54, 1.807) is 0 Å². The zero-order valence-electron chi connectivity index (χ0n) is 11.3. The summed E-state index contributed by atoms with van der Waals surface area (Å²) < 4.78 is 5.38. The Morgan fingerprint density at radius 1 is 1.00 bits per heavy atom. The van der Waals surface area contributed by atoms with Crippen molar-refractivity contribution in [2.75, 3.05) is 13.1 Å². The second-order valence-corrected chi connectivity index (χ2v) is 5.70. The number of likely N-dealkylation sites (tertiary alicyclic amines) is 1. The maximum Gasteiger partial charge on any atom is 0.415 e. The molecule has 0 bridgehead atoms. The molecule has 1 saturated carbocycles. The van der Waals surface area contributed by atoms with E-state index >= 15 is 0 Å². The summed E-state index contributed by atoms with van der Waals surface area (Å²) in [6, 6.07) is 9.32. The molecule has 0 unspecified atom stereocenters. The fourth-order valence-electron chi connectivity index (χ4n) is 3.12. The van der Waals surface area contributed by atoms with Gasteiger partial charge in [0.25, 0.3) is 0 Å². The molecule has 1 aromatic carbocycles. The van der Waals surface area contributed by atoms with Crippen LogP contribution in [0.4, 0.5) is 4.79 Å². The third kappa shape index (κ3) is 2.91. The van der Waals surface area contributed by atoms with Crippen molar-refractivity contribution in [3.8, 4) is 5.75 Å². The van der Waals surface area contributed by atoms with Crippen LogP contribution in [-0.4, -0.2) is 24.1 Å². The summed E-state index contributed by atoms with van der Waals surface area (Å²) in [5, 5.41) is 0. The monoisotopic (exact) mass is 259 g/mol. The summed E-state index contributed by atoms with van der Waals surface area (Å²) in [6.07, 6.45) is 6.31. The Hall–Kier alpha value is -1.51. The Bertz CT molecular complexity index is 420. The molecule has 0 spiro atoms. The van der Waals surface area contributed by atoms with Gasteiger partial charge in [0.1, 0.15) is 5.75 Å². The number of para-hydroxylation sites is 1. The molecule has 1 amide bonds. The summed E-state index contributed by atoms with van der Waals surface area (Å²) in [5.41, 5.74) is 0. The summed E-state index contributed by atoms with van der Waals surface area (Å²) in [5.74, 6) is 2.41. The number of carbonyl (C=O) groups is 1. The molecule has 0 radical (unpaired) electrons. The van der Waals surface area contributed by atoms with Gasteiger partial charge in [-0.1, -0.05) is 37.5 Å². The number of nitrogens with zero attached hydrogens (tertiary/aromatic N) is 1. The Kier molecular flexibility index (Phi) is 3.72. The highest BCUT2D eigenvalue weighted by Crippen LogP contribution is 2.38. The molecule has 102 valence electrons. The molecule has 1 aliphatic carbocycles. The zero-order chi connectivity index (χ0) is 13.1. The van der Waals surface area contributed by atoms with Crippen molar-refractivity contribution in [2.24, 2.45) is 11.8 Å². The number of piperidine rings is 1. The van der Waals surface area contributed by atoms with Crippen LogP contribution in [0.5, 0.6) is 5.75 Å². The second-order valence-electron chi connectivity index (χ2n) is 5.70. The predicted molar refractivity (Wildman–Crippen MR) is 74.1 cm³/mol. The molecule has 0 atom stereocenters. The van der Waals surface area contributed by atoms with Gasteiger partial charge in [-0.15, -0.1) is 0 Å². The quantitative estimate of drug-likeness (QED) is 0.810. The van der Waals surface area contributed by atoms with Gasteiger partial charge in [0.05, 0.1) is 0 Å². The van der Waals surface area contributed by atoms with Crippen molar-refractivity contribution in [1.29, 1.82) is 0 Å². The third-order valence-corrected chi connectivity index (χ3v) is 4.56. The first-order chi connectivity index (χ1) is 9.33. The smallest absolute Gasteiger partial charge is 0.410 e. The van der Waals surface area contributed by atoms with Crippen molar-refractivity contribution >= 4 is 6.09 Å². The first-order valence-electron chi connectivity index (χ1n) is 7.35. The molecular weight excluding hydrogens is 238 g/mol. The van der Waals surface area contributed by atoms with Crippen molar-refractivity contribution in [2.45, 2.75) is 32.1 Å². The molecule has 0 N–H and O–H groups in total. The van der Waals surface area contributed by atoms with Gasteiger partial charge in [0, 0.05) is 13.1 Å². The van der Waals surface area contributed by atoms with E-state index in [0.717, 1.165) is 37.8 Å². The van der Waals surface area contributed by atoms with Gasteiger partial charge in [-0.2, -0.15) is 0 Å². The maximum absolute atomic E-state index is 12.0. The number of hydrogen-bond acceptors (Lipinski definition) is 2. The molecule has 1 heterocycles. The van der Waals surface area contributed by atoms with E-state index in [1.807, 2.05) is 35.2 Å². The summed E-state index contributed by atoms with van der Waals surface area (Å²) in [6.45, 7) is 1.71. The van der Waals surface area contributed by atoms with E-state index in [4.69, 9.17) is 4.74 Å². The van der Waals surface area contributed by atoms with Crippen LogP contribution in [0.25, 0.3) is 0 Å². The van der Waals surface area contributed by atoms with Crippen LogP contribution in [0.1, 0.15) is 32.1 Å². The van der Waals surface area contributed by atoms with Crippen LogP contribution in [0, 0.1) is 11.8 Å². The van der Waals surface area contributed by atoms with E-state index in [-0.39, 0.29) is 6.09 Å². The van der Waals surface area contributed by atoms with Crippen LogP contribution in [0.3, 0.4) is 0 Å². The average Bonchev–Trinajstić information content (AvgIpc) is 2.39. The van der Waals surface area contributed by atoms with E-state index in [2.05, 4.69) is 0 Å². The lowest BCUT2D eigenvalue weighted by Gasteiger charge is -2.39. The van der Waals surface area contributed by atoms with Crippen molar-refractivity contribution in [3.05, 3.63) is 30.3 Å². The first-order valence-corrected chi connectivity index (χ1v) is 7.35. The lowest BCUT2D eigenvalue weighted by molar-refractivity contribution is 0.0976. The molecule has 2 fully saturated rings. The first kappa shape index (κ1) is 12.5. The predicted octanol–water partition coefficient (Wildman–Crippen LogP) is 3.70. The zero-order valence-corrected chi connectivity index (χ0v) is 11.3. The molecule has 1 saturated heterocycles. The van der Waals surface area contributed by atoms with Gasteiger partial charge in [0.2, 0.25) is 0 Å². The molecule has 3 heteroatoms.